The van der Waals surface area contributed by atoms with Crippen LogP contribution in [-0.4, -0.2) is 28.0 Å². The van der Waals surface area contributed by atoms with Gasteiger partial charge >= 0.3 is 0 Å². The van der Waals surface area contributed by atoms with Crippen LogP contribution in [0.3, 0.4) is 0 Å². The molecule has 0 saturated carbocycles. The molecule has 2 aromatic heterocycles. The minimum atomic E-state index is 0.717. The number of aromatic nitrogens is 2. The summed E-state index contributed by atoms with van der Waals surface area (Å²) in [6, 6.07) is 14.3. The van der Waals surface area contributed by atoms with E-state index in [2.05, 4.69) is 58.5 Å². The van der Waals surface area contributed by atoms with Crippen LogP contribution in [0.25, 0.3) is 10.9 Å². The quantitative estimate of drug-likeness (QED) is 0.621. The molecule has 1 aliphatic rings. The maximum absolute atomic E-state index is 7.32. The summed E-state index contributed by atoms with van der Waals surface area (Å²) in [7, 11) is 2.20. The van der Waals surface area contributed by atoms with Gasteiger partial charge in [0.15, 0.2) is 0 Å². The minimum absolute atomic E-state index is 0.717. The average Bonchev–Trinajstić information content (AvgIpc) is 2.96. The van der Waals surface area contributed by atoms with Crippen molar-refractivity contribution < 1.29 is 0 Å². The number of benzene rings is 1. The third-order valence-corrected chi connectivity index (χ3v) is 4.72. The Morgan fingerprint density at radius 2 is 2.04 bits per heavy atom. The van der Waals surface area contributed by atoms with Crippen molar-refractivity contribution in [1.82, 2.24) is 14.5 Å². The number of nitrogens with zero attached hydrogens (tertiary/aromatic N) is 4. The number of hydrogen-bond acceptors (Lipinski definition) is 3. The second-order valence-electron chi connectivity index (χ2n) is 6.76. The van der Waals surface area contributed by atoms with E-state index in [-0.39, 0.29) is 0 Å². The summed E-state index contributed by atoms with van der Waals surface area (Å²) in [4.78, 5) is 6.68. The fourth-order valence-corrected chi connectivity index (χ4v) is 3.53. The number of pyridine rings is 1. The van der Waals surface area contributed by atoms with E-state index >= 15 is 0 Å². The Morgan fingerprint density at radius 1 is 1.22 bits per heavy atom. The van der Waals surface area contributed by atoms with E-state index in [9.17, 15) is 0 Å². The summed E-state index contributed by atoms with van der Waals surface area (Å²) in [5.41, 5.74) is 6.37. The summed E-state index contributed by atoms with van der Waals surface area (Å²) >= 11 is 0. The molecule has 4 nitrogen and oxygen atoms in total. The van der Waals surface area contributed by atoms with Crippen molar-refractivity contribution in [2.45, 2.75) is 33.4 Å². The average molecular weight is 356 g/mol. The van der Waals surface area contributed by atoms with Gasteiger partial charge in [-0.25, -0.2) is 4.98 Å². The molecule has 0 atom stereocenters. The van der Waals surface area contributed by atoms with Gasteiger partial charge in [0.2, 0.25) is 0 Å². The Labute approximate surface area is 161 Å². The van der Waals surface area contributed by atoms with Gasteiger partial charge in [0.25, 0.3) is 0 Å². The van der Waals surface area contributed by atoms with Gasteiger partial charge < -0.3 is 9.47 Å². The molecule has 0 amide bonds. The van der Waals surface area contributed by atoms with Crippen LogP contribution < -0.4 is 0 Å². The Kier molecular flexibility index (Phi) is 5.91. The van der Waals surface area contributed by atoms with E-state index in [0.29, 0.717) is 0 Å². The first-order valence-corrected chi connectivity index (χ1v) is 9.14. The lowest BCUT2D eigenvalue weighted by Crippen LogP contribution is -2.27. The summed E-state index contributed by atoms with van der Waals surface area (Å²) in [6.07, 6.45) is 2.88. The lowest BCUT2D eigenvalue weighted by molar-refractivity contribution is 0.310. The highest BCUT2D eigenvalue weighted by Gasteiger charge is 2.21. The van der Waals surface area contributed by atoms with Gasteiger partial charge in [-0.1, -0.05) is 23.6 Å². The number of likely N-dealkylation sites (N-methyl/N-ethyl adjacent to an activating group) is 1. The maximum atomic E-state index is 7.32. The van der Waals surface area contributed by atoms with E-state index in [1.807, 2.05) is 18.2 Å². The fourth-order valence-electron chi connectivity index (χ4n) is 3.53. The largest absolute Gasteiger partial charge is 0.333 e. The second-order valence-corrected chi connectivity index (χ2v) is 6.76. The van der Waals surface area contributed by atoms with Crippen LogP contribution in [0, 0.1) is 30.1 Å². The van der Waals surface area contributed by atoms with Crippen molar-refractivity contribution in [3.8, 4) is 17.9 Å². The highest BCUT2D eigenvalue weighted by atomic mass is 15.1. The summed E-state index contributed by atoms with van der Waals surface area (Å²) < 4.78 is 2.40. The minimum Gasteiger partial charge on any atom is -0.333 e. The van der Waals surface area contributed by atoms with Crippen molar-refractivity contribution in [2.75, 3.05) is 13.6 Å². The standard InChI is InChI=1S/C21H21N3.C2H3N/c1-16-8-9-20-18(14-16)19-15-23(2)13-10-21(19)24(20)12-5-7-17-6-3-4-11-22-17;1-2-3/h3-4,6,8-9,11,14H,10,12-13,15H2,1-2H3;1H3. The maximum Gasteiger partial charge on any atom is 0.113 e. The van der Waals surface area contributed by atoms with Crippen LogP contribution in [-0.2, 0) is 19.5 Å². The van der Waals surface area contributed by atoms with Gasteiger partial charge in [0, 0.05) is 49.2 Å². The Morgan fingerprint density at radius 3 is 2.78 bits per heavy atom. The van der Waals surface area contributed by atoms with E-state index < -0.39 is 0 Å². The molecule has 136 valence electrons. The molecule has 4 heteroatoms. The first-order chi connectivity index (χ1) is 13.1. The topological polar surface area (TPSA) is 44.9 Å². The molecule has 0 unspecified atom stereocenters. The van der Waals surface area contributed by atoms with Crippen LogP contribution in [0.2, 0.25) is 0 Å². The Bertz CT molecular complexity index is 1030. The third-order valence-electron chi connectivity index (χ3n) is 4.72. The van der Waals surface area contributed by atoms with Crippen LogP contribution in [0.15, 0.2) is 42.6 Å². The lowest BCUT2D eigenvalue weighted by atomic mass is 10.0. The number of rotatable bonds is 1. The van der Waals surface area contributed by atoms with E-state index in [0.717, 1.165) is 31.7 Å². The van der Waals surface area contributed by atoms with Crippen molar-refractivity contribution >= 4 is 10.9 Å². The molecule has 0 spiro atoms. The molecular weight excluding hydrogens is 332 g/mol. The zero-order chi connectivity index (χ0) is 19.2. The molecule has 0 radical (unpaired) electrons. The Hall–Kier alpha value is -3.08. The van der Waals surface area contributed by atoms with E-state index in [1.54, 1.807) is 12.3 Å². The highest BCUT2D eigenvalue weighted by Crippen LogP contribution is 2.31. The molecular formula is C23H24N4. The summed E-state index contributed by atoms with van der Waals surface area (Å²) in [5.74, 6) is 6.49. The number of aryl methyl sites for hydroxylation is 1. The van der Waals surface area contributed by atoms with Crippen LogP contribution >= 0.6 is 0 Å². The first-order valence-electron chi connectivity index (χ1n) is 9.14. The number of nitriles is 1. The monoisotopic (exact) mass is 356 g/mol. The molecule has 27 heavy (non-hydrogen) atoms. The van der Waals surface area contributed by atoms with Gasteiger partial charge in [-0.05, 0) is 49.7 Å². The molecule has 4 rings (SSSR count). The molecule has 0 bridgehead atoms. The van der Waals surface area contributed by atoms with Crippen LogP contribution in [0.5, 0.6) is 0 Å². The molecule has 3 heterocycles. The van der Waals surface area contributed by atoms with Gasteiger partial charge in [0.05, 0.1) is 12.6 Å². The Balaban J connectivity index is 0.000000659. The summed E-state index contributed by atoms with van der Waals surface area (Å²) in [6.45, 7) is 6.44. The van der Waals surface area contributed by atoms with Gasteiger partial charge in [0.1, 0.15) is 5.69 Å². The molecule has 0 aliphatic carbocycles. The fraction of sp³-hybridized carbons (Fsp3) is 0.304. The van der Waals surface area contributed by atoms with E-state index in [4.69, 9.17) is 5.26 Å². The third kappa shape index (κ3) is 4.19. The van der Waals surface area contributed by atoms with Gasteiger partial charge in [-0.3, -0.25) is 0 Å². The molecule has 0 saturated heterocycles. The molecule has 3 aromatic rings. The van der Waals surface area contributed by atoms with Crippen molar-refractivity contribution in [1.29, 1.82) is 5.26 Å². The molecule has 1 aliphatic heterocycles. The second kappa shape index (κ2) is 8.54. The molecule has 1 aromatic carbocycles. The predicted octanol–water partition coefficient (Wildman–Crippen LogP) is 3.91. The number of fused-ring (bicyclic) bond motifs is 3. The van der Waals surface area contributed by atoms with Crippen LogP contribution in [0.1, 0.15) is 29.4 Å². The normalized spacial score (nSPS) is 13.0. The van der Waals surface area contributed by atoms with Crippen molar-refractivity contribution in [3.63, 3.8) is 0 Å². The molecule has 0 N–H and O–H groups in total. The number of hydrogen-bond donors (Lipinski definition) is 0. The highest BCUT2D eigenvalue weighted by molar-refractivity contribution is 5.86. The SMILES string of the molecule is CC#N.Cc1ccc2c(c1)c1c(n2CC#Cc2ccccn2)CCN(C)C1. The van der Waals surface area contributed by atoms with Gasteiger partial charge in [-0.2, -0.15) is 5.26 Å². The smallest absolute Gasteiger partial charge is 0.113 e. The predicted molar refractivity (Wildman–Crippen MR) is 109 cm³/mol. The van der Waals surface area contributed by atoms with Gasteiger partial charge in [-0.15, -0.1) is 0 Å². The van der Waals surface area contributed by atoms with Crippen LogP contribution in [0.4, 0.5) is 0 Å². The lowest BCUT2D eigenvalue weighted by Gasteiger charge is -2.23. The summed E-state index contributed by atoms with van der Waals surface area (Å²) in [5, 5.41) is 8.70. The zero-order valence-electron chi connectivity index (χ0n) is 16.2. The van der Waals surface area contributed by atoms with Crippen molar-refractivity contribution in [2.24, 2.45) is 0 Å². The van der Waals surface area contributed by atoms with Crippen molar-refractivity contribution in [3.05, 3.63) is 65.1 Å². The molecule has 0 fully saturated rings. The first kappa shape index (κ1) is 18.7. The van der Waals surface area contributed by atoms with E-state index in [1.165, 1.54) is 34.6 Å². The zero-order valence-corrected chi connectivity index (χ0v) is 16.2.